The van der Waals surface area contributed by atoms with Gasteiger partial charge in [-0.2, -0.15) is 5.10 Å². The molecule has 2 amide bonds. The largest absolute Gasteiger partial charge is 0.491 e. The van der Waals surface area contributed by atoms with E-state index in [1.54, 1.807) is 0 Å². The number of aromatic nitrogens is 2. The van der Waals surface area contributed by atoms with Gasteiger partial charge in [0.1, 0.15) is 12.4 Å². The van der Waals surface area contributed by atoms with Gasteiger partial charge in [0, 0.05) is 25.2 Å². The number of hydrogen-bond donors (Lipinski definition) is 2. The molecule has 0 saturated carbocycles. The van der Waals surface area contributed by atoms with Crippen LogP contribution >= 0.6 is 0 Å². The number of carbonyl (C=O) groups is 2. The molecule has 2 N–H and O–H groups in total. The Hall–Kier alpha value is -2.83. The van der Waals surface area contributed by atoms with Gasteiger partial charge in [0.25, 0.3) is 0 Å². The van der Waals surface area contributed by atoms with Crippen LogP contribution in [-0.2, 0) is 22.4 Å². The number of benzene rings is 1. The lowest BCUT2D eigenvalue weighted by atomic mass is 9.74. The Bertz CT molecular complexity index is 966. The quantitative estimate of drug-likeness (QED) is 0.746. The molecule has 7 nitrogen and oxygen atoms in total. The number of fused-ring (bicyclic) bond motifs is 1. The standard InChI is InChI=1S/C26H36N4O3/c1-19-22(20(2)29-28-19)11-12-24(31)30-16-7-14-26(18-30)13-6-5-9-21-8-3-4-10-23(21)33-17-15-27-25(26)32/h3-4,8,10H,5-7,9,11-18H2,1-2H3,(H,27,32)(H,28,29). The molecule has 0 radical (unpaired) electrons. The number of carbonyl (C=O) groups excluding carboxylic acids is 2. The molecule has 1 aromatic heterocycles. The third kappa shape index (κ3) is 5.40. The van der Waals surface area contributed by atoms with Gasteiger partial charge < -0.3 is 15.0 Å². The van der Waals surface area contributed by atoms with Crippen molar-refractivity contribution >= 4 is 11.8 Å². The number of aromatic amines is 1. The molecule has 7 heteroatoms. The molecule has 1 atom stereocenters. The van der Waals surface area contributed by atoms with E-state index in [0.29, 0.717) is 32.5 Å². The van der Waals surface area contributed by atoms with Crippen molar-refractivity contribution < 1.29 is 14.3 Å². The minimum atomic E-state index is -0.506. The van der Waals surface area contributed by atoms with E-state index in [2.05, 4.69) is 27.6 Å². The van der Waals surface area contributed by atoms with Crippen molar-refractivity contribution in [3.05, 3.63) is 46.8 Å². The van der Waals surface area contributed by atoms with Gasteiger partial charge in [-0.05, 0) is 69.6 Å². The number of likely N-dealkylation sites (tertiary alicyclic amines) is 1. The molecule has 2 aromatic rings. The fourth-order valence-corrected chi connectivity index (χ4v) is 5.32. The summed E-state index contributed by atoms with van der Waals surface area (Å²) in [5.74, 6) is 1.11. The maximum atomic E-state index is 13.3. The Kier molecular flexibility index (Phi) is 7.36. The van der Waals surface area contributed by atoms with Crippen LogP contribution in [0.2, 0.25) is 0 Å². The molecule has 33 heavy (non-hydrogen) atoms. The summed E-state index contributed by atoms with van der Waals surface area (Å²) in [5, 5.41) is 10.3. The van der Waals surface area contributed by atoms with Gasteiger partial charge in [-0.1, -0.05) is 24.6 Å². The molecule has 2 aliphatic rings. The van der Waals surface area contributed by atoms with Crippen LogP contribution in [0, 0.1) is 19.3 Å². The molecule has 1 aromatic carbocycles. The van der Waals surface area contributed by atoms with Gasteiger partial charge in [0.15, 0.2) is 0 Å². The van der Waals surface area contributed by atoms with Crippen molar-refractivity contribution in [2.75, 3.05) is 26.2 Å². The van der Waals surface area contributed by atoms with Crippen LogP contribution in [0.3, 0.4) is 0 Å². The summed E-state index contributed by atoms with van der Waals surface area (Å²) < 4.78 is 5.94. The maximum Gasteiger partial charge on any atom is 0.228 e. The van der Waals surface area contributed by atoms with Crippen LogP contribution in [0.1, 0.15) is 61.0 Å². The lowest BCUT2D eigenvalue weighted by molar-refractivity contribution is -0.142. The van der Waals surface area contributed by atoms with Crippen molar-refractivity contribution in [2.45, 2.75) is 65.2 Å². The van der Waals surface area contributed by atoms with E-state index in [0.717, 1.165) is 67.8 Å². The van der Waals surface area contributed by atoms with Crippen LogP contribution in [-0.4, -0.2) is 53.2 Å². The minimum Gasteiger partial charge on any atom is -0.491 e. The monoisotopic (exact) mass is 452 g/mol. The fraction of sp³-hybridized carbons (Fsp3) is 0.577. The number of amides is 2. The molecule has 0 aliphatic carbocycles. The number of ether oxygens (including phenoxy) is 1. The highest BCUT2D eigenvalue weighted by Gasteiger charge is 2.42. The molecule has 3 heterocycles. The number of para-hydroxylation sites is 1. The van der Waals surface area contributed by atoms with Crippen LogP contribution in [0.25, 0.3) is 0 Å². The van der Waals surface area contributed by atoms with Gasteiger partial charge in [0.05, 0.1) is 17.7 Å². The summed E-state index contributed by atoms with van der Waals surface area (Å²) >= 11 is 0. The third-order valence-electron chi connectivity index (χ3n) is 7.25. The topological polar surface area (TPSA) is 87.3 Å². The Morgan fingerprint density at radius 2 is 2.00 bits per heavy atom. The second-order valence-electron chi connectivity index (χ2n) is 9.53. The first-order chi connectivity index (χ1) is 16.0. The number of H-pyrrole nitrogens is 1. The Labute approximate surface area is 196 Å². The second kappa shape index (κ2) is 10.4. The van der Waals surface area contributed by atoms with Crippen LogP contribution in [0.15, 0.2) is 24.3 Å². The van der Waals surface area contributed by atoms with Gasteiger partial charge >= 0.3 is 0 Å². The Morgan fingerprint density at radius 1 is 1.18 bits per heavy atom. The maximum absolute atomic E-state index is 13.3. The van der Waals surface area contributed by atoms with E-state index >= 15 is 0 Å². The molecular weight excluding hydrogens is 416 g/mol. The van der Waals surface area contributed by atoms with E-state index in [4.69, 9.17) is 4.74 Å². The Morgan fingerprint density at radius 3 is 2.82 bits per heavy atom. The highest BCUT2D eigenvalue weighted by molar-refractivity contribution is 5.84. The second-order valence-corrected chi connectivity index (χ2v) is 9.53. The average Bonchev–Trinajstić information content (AvgIpc) is 3.15. The summed E-state index contributed by atoms with van der Waals surface area (Å²) in [6.07, 6.45) is 6.54. The molecule has 1 spiro atoms. The normalized spacial score (nSPS) is 22.0. The number of aryl methyl sites for hydroxylation is 3. The van der Waals surface area contributed by atoms with Gasteiger partial charge in [0.2, 0.25) is 11.8 Å². The lowest BCUT2D eigenvalue weighted by Crippen LogP contribution is -2.54. The van der Waals surface area contributed by atoms with Crippen molar-refractivity contribution in [1.29, 1.82) is 0 Å². The van der Waals surface area contributed by atoms with Crippen molar-refractivity contribution in [1.82, 2.24) is 20.4 Å². The molecule has 1 saturated heterocycles. The minimum absolute atomic E-state index is 0.0685. The molecule has 178 valence electrons. The first-order valence-corrected chi connectivity index (χ1v) is 12.3. The zero-order valence-electron chi connectivity index (χ0n) is 19.9. The third-order valence-corrected chi connectivity index (χ3v) is 7.25. The zero-order valence-corrected chi connectivity index (χ0v) is 19.9. The molecular formula is C26H36N4O3. The van der Waals surface area contributed by atoms with Gasteiger partial charge in [-0.15, -0.1) is 0 Å². The van der Waals surface area contributed by atoms with E-state index in [9.17, 15) is 9.59 Å². The van der Waals surface area contributed by atoms with Crippen LogP contribution in [0.5, 0.6) is 5.75 Å². The summed E-state index contributed by atoms with van der Waals surface area (Å²) in [4.78, 5) is 28.4. The molecule has 1 fully saturated rings. The van der Waals surface area contributed by atoms with Crippen LogP contribution < -0.4 is 10.1 Å². The first kappa shape index (κ1) is 23.3. The number of nitrogens with zero attached hydrogens (tertiary/aromatic N) is 2. The summed E-state index contributed by atoms with van der Waals surface area (Å²) in [6, 6.07) is 8.16. The molecule has 4 rings (SSSR count). The highest BCUT2D eigenvalue weighted by atomic mass is 16.5. The van der Waals surface area contributed by atoms with Gasteiger partial charge in [-0.25, -0.2) is 0 Å². The fourth-order valence-electron chi connectivity index (χ4n) is 5.32. The average molecular weight is 453 g/mol. The molecule has 0 bridgehead atoms. The van der Waals surface area contributed by atoms with E-state index in [1.165, 1.54) is 5.56 Å². The number of hydrogen-bond acceptors (Lipinski definition) is 4. The van der Waals surface area contributed by atoms with Crippen LogP contribution in [0.4, 0.5) is 0 Å². The van der Waals surface area contributed by atoms with E-state index in [-0.39, 0.29) is 11.8 Å². The lowest BCUT2D eigenvalue weighted by Gasteiger charge is -2.42. The summed E-state index contributed by atoms with van der Waals surface area (Å²) in [5.41, 5.74) is 3.83. The summed E-state index contributed by atoms with van der Waals surface area (Å²) in [7, 11) is 0. The van der Waals surface area contributed by atoms with E-state index < -0.39 is 5.41 Å². The summed E-state index contributed by atoms with van der Waals surface area (Å²) in [6.45, 7) is 6.13. The smallest absolute Gasteiger partial charge is 0.228 e. The van der Waals surface area contributed by atoms with Gasteiger partial charge in [-0.3, -0.25) is 14.7 Å². The predicted octanol–water partition coefficient (Wildman–Crippen LogP) is 3.49. The number of piperidine rings is 1. The SMILES string of the molecule is Cc1n[nH]c(C)c1CCC(=O)N1CCCC2(CCCCc3ccccc3OCCNC2=O)C1. The van der Waals surface area contributed by atoms with Crippen molar-refractivity contribution in [3.8, 4) is 5.75 Å². The first-order valence-electron chi connectivity index (χ1n) is 12.3. The Balaban J connectivity index is 1.42. The number of nitrogens with one attached hydrogen (secondary N) is 2. The molecule has 1 unspecified atom stereocenters. The zero-order chi connectivity index (χ0) is 23.3. The number of rotatable bonds is 3. The van der Waals surface area contributed by atoms with E-state index in [1.807, 2.05) is 30.9 Å². The highest BCUT2D eigenvalue weighted by Crippen LogP contribution is 2.36. The van der Waals surface area contributed by atoms with Crippen molar-refractivity contribution in [3.63, 3.8) is 0 Å². The molecule has 2 aliphatic heterocycles. The van der Waals surface area contributed by atoms with Crippen molar-refractivity contribution in [2.24, 2.45) is 5.41 Å². The predicted molar refractivity (Wildman–Crippen MR) is 127 cm³/mol.